The van der Waals surface area contributed by atoms with Gasteiger partial charge in [-0.3, -0.25) is 9.69 Å². The van der Waals surface area contributed by atoms with Crippen molar-refractivity contribution in [1.29, 1.82) is 0 Å². The number of hydrogen-bond acceptors (Lipinski definition) is 6. The summed E-state index contributed by atoms with van der Waals surface area (Å²) in [7, 11) is 0. The van der Waals surface area contributed by atoms with E-state index in [4.69, 9.17) is 4.42 Å². The quantitative estimate of drug-likeness (QED) is 0.259. The van der Waals surface area contributed by atoms with Crippen LogP contribution in [0.4, 0.5) is 5.69 Å². The summed E-state index contributed by atoms with van der Waals surface area (Å²) in [6, 6.07) is 23.9. The van der Waals surface area contributed by atoms with Crippen molar-refractivity contribution in [2.45, 2.75) is 13.5 Å². The van der Waals surface area contributed by atoms with Gasteiger partial charge in [0.15, 0.2) is 5.17 Å². The lowest BCUT2D eigenvalue weighted by molar-refractivity contribution is -0.122. The summed E-state index contributed by atoms with van der Waals surface area (Å²) in [6.07, 6.45) is 1.64. The molecule has 3 aromatic carbocycles. The summed E-state index contributed by atoms with van der Waals surface area (Å²) in [6.45, 7) is 2.07. The summed E-state index contributed by atoms with van der Waals surface area (Å²) in [5, 5.41) is 19.0. The zero-order chi connectivity index (χ0) is 27.5. The lowest BCUT2D eigenvalue weighted by Crippen LogP contribution is -2.28. The molecule has 39 heavy (non-hydrogen) atoms. The lowest BCUT2D eigenvalue weighted by Gasteiger charge is -2.16. The van der Waals surface area contributed by atoms with Crippen LogP contribution in [0.5, 0.6) is 0 Å². The van der Waals surface area contributed by atoms with Crippen molar-refractivity contribution < 1.29 is 29.0 Å². The Labute approximate surface area is 227 Å². The zero-order valence-electron chi connectivity index (χ0n) is 20.7. The third-order valence-corrected chi connectivity index (χ3v) is 7.07. The topological polar surface area (TPSA) is 120 Å². The Balaban J connectivity index is 1.46. The minimum absolute atomic E-state index is 0.155. The molecule has 1 aromatic heterocycles. The first kappa shape index (κ1) is 25.7. The maximum Gasteiger partial charge on any atom is 0.335 e. The van der Waals surface area contributed by atoms with Crippen molar-refractivity contribution in [3.05, 3.63) is 118 Å². The second-order valence-corrected chi connectivity index (χ2v) is 9.78. The van der Waals surface area contributed by atoms with Crippen LogP contribution in [0.15, 0.2) is 99.2 Å². The van der Waals surface area contributed by atoms with Gasteiger partial charge in [0.25, 0.3) is 5.91 Å². The summed E-state index contributed by atoms with van der Waals surface area (Å²) in [5.41, 5.74) is 3.28. The standard InChI is InChI=1S/C30H22N2O6S/c1-18-7-10-21(29(36)37)15-24(18)25-14-13-23(38-25)16-26-27(33)32(17-19-8-11-20(12-9-19)28(34)35)30(39-26)31-22-5-3-2-4-6-22/h2-16H,17H2,1H3,(H,34,35)(H,36,37)/b26-16+,31-30?. The molecule has 194 valence electrons. The zero-order valence-corrected chi connectivity index (χ0v) is 21.5. The molecular formula is C30H22N2O6S. The fourth-order valence-corrected chi connectivity index (χ4v) is 4.98. The number of aromatic carboxylic acids is 2. The molecule has 5 rings (SSSR count). The maximum atomic E-state index is 13.5. The van der Waals surface area contributed by atoms with Crippen LogP contribution in [-0.2, 0) is 11.3 Å². The minimum Gasteiger partial charge on any atom is -0.478 e. The largest absolute Gasteiger partial charge is 0.478 e. The molecule has 0 aliphatic carbocycles. The van der Waals surface area contributed by atoms with Gasteiger partial charge in [-0.25, -0.2) is 14.6 Å². The van der Waals surface area contributed by atoms with E-state index in [1.807, 2.05) is 37.3 Å². The van der Waals surface area contributed by atoms with Crippen molar-refractivity contribution in [3.8, 4) is 11.3 Å². The van der Waals surface area contributed by atoms with Gasteiger partial charge in [-0.15, -0.1) is 0 Å². The fourth-order valence-electron chi connectivity index (χ4n) is 4.00. The normalized spacial score (nSPS) is 15.3. The first-order valence-corrected chi connectivity index (χ1v) is 12.7. The molecular weight excluding hydrogens is 516 g/mol. The Morgan fingerprint density at radius 2 is 1.62 bits per heavy atom. The summed E-state index contributed by atoms with van der Waals surface area (Å²) < 4.78 is 5.99. The first-order chi connectivity index (χ1) is 18.8. The molecule has 0 atom stereocenters. The van der Waals surface area contributed by atoms with E-state index in [1.54, 1.807) is 47.4 Å². The van der Waals surface area contributed by atoms with Gasteiger partial charge in [-0.05, 0) is 78.3 Å². The molecule has 0 spiro atoms. The van der Waals surface area contributed by atoms with E-state index in [2.05, 4.69) is 4.99 Å². The molecule has 0 saturated carbocycles. The fraction of sp³-hybridized carbons (Fsp3) is 0.0667. The number of thioether (sulfide) groups is 1. The highest BCUT2D eigenvalue weighted by Gasteiger charge is 2.34. The number of amides is 1. The van der Waals surface area contributed by atoms with E-state index in [1.165, 1.54) is 30.0 Å². The number of benzene rings is 3. The van der Waals surface area contributed by atoms with Crippen LogP contribution in [0, 0.1) is 6.92 Å². The number of carbonyl (C=O) groups excluding carboxylic acids is 1. The maximum absolute atomic E-state index is 13.5. The predicted molar refractivity (Wildman–Crippen MR) is 149 cm³/mol. The minimum atomic E-state index is -1.03. The Morgan fingerprint density at radius 1 is 0.923 bits per heavy atom. The highest BCUT2D eigenvalue weighted by Crippen LogP contribution is 2.36. The van der Waals surface area contributed by atoms with Crippen LogP contribution in [0.25, 0.3) is 17.4 Å². The van der Waals surface area contributed by atoms with Gasteiger partial charge >= 0.3 is 11.9 Å². The Morgan fingerprint density at radius 3 is 2.31 bits per heavy atom. The summed E-state index contributed by atoms with van der Waals surface area (Å²) in [4.78, 5) is 42.7. The molecule has 0 bridgehead atoms. The number of furan rings is 1. The smallest absolute Gasteiger partial charge is 0.335 e. The number of rotatable bonds is 7. The van der Waals surface area contributed by atoms with Crippen molar-refractivity contribution in [1.82, 2.24) is 4.90 Å². The number of carboxylic acid groups (broad SMARTS) is 2. The number of aryl methyl sites for hydroxylation is 1. The Hall–Kier alpha value is -4.89. The van der Waals surface area contributed by atoms with Gasteiger partial charge in [0.05, 0.1) is 28.3 Å². The van der Waals surface area contributed by atoms with Gasteiger partial charge in [0.2, 0.25) is 0 Å². The Kier molecular flexibility index (Phi) is 7.16. The number of nitrogens with zero attached hydrogens (tertiary/aromatic N) is 2. The molecule has 2 N–H and O–H groups in total. The molecule has 2 heterocycles. The van der Waals surface area contributed by atoms with Crippen LogP contribution >= 0.6 is 11.8 Å². The van der Waals surface area contributed by atoms with E-state index in [-0.39, 0.29) is 23.6 Å². The second-order valence-electron chi connectivity index (χ2n) is 8.77. The number of para-hydroxylation sites is 1. The lowest BCUT2D eigenvalue weighted by atomic mass is 10.0. The van der Waals surface area contributed by atoms with Gasteiger partial charge in [-0.1, -0.05) is 36.4 Å². The van der Waals surface area contributed by atoms with Crippen LogP contribution in [0.2, 0.25) is 0 Å². The monoisotopic (exact) mass is 538 g/mol. The predicted octanol–water partition coefficient (Wildman–Crippen LogP) is 6.46. The van der Waals surface area contributed by atoms with E-state index in [0.717, 1.165) is 11.1 Å². The highest BCUT2D eigenvalue weighted by molar-refractivity contribution is 8.18. The van der Waals surface area contributed by atoms with Crippen molar-refractivity contribution in [2.24, 2.45) is 4.99 Å². The van der Waals surface area contributed by atoms with Crippen LogP contribution in [0.1, 0.15) is 37.6 Å². The average Bonchev–Trinajstić information content (AvgIpc) is 3.50. The number of hydrogen-bond donors (Lipinski definition) is 2. The van der Waals surface area contributed by atoms with Gasteiger partial charge in [0, 0.05) is 11.6 Å². The molecule has 9 heteroatoms. The van der Waals surface area contributed by atoms with Crippen molar-refractivity contribution in [2.75, 3.05) is 0 Å². The molecule has 1 fully saturated rings. The molecule has 1 aliphatic heterocycles. The molecule has 4 aromatic rings. The summed E-state index contributed by atoms with van der Waals surface area (Å²) in [5.74, 6) is -1.38. The van der Waals surface area contributed by atoms with E-state index < -0.39 is 11.9 Å². The second kappa shape index (κ2) is 10.8. The number of carboxylic acids is 2. The van der Waals surface area contributed by atoms with E-state index >= 15 is 0 Å². The average molecular weight is 539 g/mol. The highest BCUT2D eigenvalue weighted by atomic mass is 32.2. The first-order valence-electron chi connectivity index (χ1n) is 11.9. The third-order valence-electron chi connectivity index (χ3n) is 6.06. The van der Waals surface area contributed by atoms with Crippen molar-refractivity contribution in [3.63, 3.8) is 0 Å². The molecule has 1 aliphatic rings. The molecule has 0 unspecified atom stereocenters. The van der Waals surface area contributed by atoms with Gasteiger partial charge in [0.1, 0.15) is 11.5 Å². The van der Waals surface area contributed by atoms with Crippen molar-refractivity contribution >= 4 is 46.5 Å². The van der Waals surface area contributed by atoms with E-state index in [9.17, 15) is 24.6 Å². The third kappa shape index (κ3) is 5.68. The number of aliphatic imine (C=N–C) groups is 1. The number of carbonyl (C=O) groups is 3. The van der Waals surface area contributed by atoms with Gasteiger partial charge < -0.3 is 14.6 Å². The van der Waals surface area contributed by atoms with Gasteiger partial charge in [-0.2, -0.15) is 0 Å². The molecule has 1 saturated heterocycles. The van der Waals surface area contributed by atoms with E-state index in [0.29, 0.717) is 32.8 Å². The van der Waals surface area contributed by atoms with Crippen LogP contribution in [0.3, 0.4) is 0 Å². The SMILES string of the molecule is Cc1ccc(C(=O)O)cc1-c1ccc(/C=C2/SC(=Nc3ccccc3)N(Cc3ccc(C(=O)O)cc3)C2=O)o1. The Bertz CT molecular complexity index is 1640. The van der Waals surface area contributed by atoms with Crippen LogP contribution < -0.4 is 0 Å². The molecule has 1 amide bonds. The molecule has 0 radical (unpaired) electrons. The molecule has 8 nitrogen and oxygen atoms in total. The summed E-state index contributed by atoms with van der Waals surface area (Å²) >= 11 is 1.21. The van der Waals surface area contributed by atoms with Crippen LogP contribution in [-0.4, -0.2) is 38.1 Å². The number of amidine groups is 1.